The second-order valence-electron chi connectivity index (χ2n) is 4.52. The molecule has 0 N–H and O–H groups in total. The Labute approximate surface area is 70.4 Å². The van der Waals surface area contributed by atoms with Crippen molar-refractivity contribution < 1.29 is 0 Å². The average Bonchev–Trinajstić information content (AvgIpc) is 2.60. The molecule has 2 saturated carbocycles. The van der Waals surface area contributed by atoms with Crippen molar-refractivity contribution in [2.45, 2.75) is 52.4 Å². The van der Waals surface area contributed by atoms with E-state index in [1.165, 1.54) is 19.3 Å². The lowest BCUT2D eigenvalue weighted by molar-refractivity contribution is 0.162. The van der Waals surface area contributed by atoms with E-state index >= 15 is 0 Å². The first-order chi connectivity index (χ1) is 5.33. The Balaban J connectivity index is 1.96. The molecule has 2 aliphatic carbocycles. The minimum absolute atomic E-state index is 0.854. The molecular weight excluding hydrogens is 132 g/mol. The highest BCUT2D eigenvalue weighted by atomic mass is 14.6. The third-order valence-corrected chi connectivity index (χ3v) is 4.35. The van der Waals surface area contributed by atoms with Crippen molar-refractivity contribution in [1.82, 2.24) is 0 Å². The summed E-state index contributed by atoms with van der Waals surface area (Å²) in [5.74, 6) is 2.25. The van der Waals surface area contributed by atoms with E-state index < -0.39 is 0 Å². The molecule has 0 amide bonds. The maximum Gasteiger partial charge on any atom is -0.0241 e. The maximum atomic E-state index is 2.40. The Morgan fingerprint density at radius 2 is 2.00 bits per heavy atom. The molecule has 0 spiro atoms. The fourth-order valence-electron chi connectivity index (χ4n) is 3.16. The van der Waals surface area contributed by atoms with Gasteiger partial charge in [-0.15, -0.1) is 0 Å². The minimum atomic E-state index is 0.854. The molecule has 2 atom stereocenters. The summed E-state index contributed by atoms with van der Waals surface area (Å²) in [5.41, 5.74) is 0.854. The van der Waals surface area contributed by atoms with Gasteiger partial charge >= 0.3 is 0 Å². The Kier molecular flexibility index (Phi) is 1.74. The Morgan fingerprint density at radius 1 is 1.27 bits per heavy atom. The molecule has 2 unspecified atom stereocenters. The smallest absolute Gasteiger partial charge is 0.0241 e. The highest BCUT2D eigenvalue weighted by molar-refractivity contribution is 5.06. The number of rotatable bonds is 3. The molecule has 2 fully saturated rings. The molecular formula is C11H20. The van der Waals surface area contributed by atoms with E-state index in [1.807, 2.05) is 0 Å². The van der Waals surface area contributed by atoms with E-state index in [9.17, 15) is 0 Å². The first kappa shape index (κ1) is 7.64. The van der Waals surface area contributed by atoms with Crippen molar-refractivity contribution in [2.75, 3.05) is 0 Å². The van der Waals surface area contributed by atoms with Crippen LogP contribution in [0.3, 0.4) is 0 Å². The van der Waals surface area contributed by atoms with Crippen molar-refractivity contribution in [3.63, 3.8) is 0 Å². The normalized spacial score (nSPS) is 43.6. The predicted molar refractivity (Wildman–Crippen MR) is 48.5 cm³/mol. The average molecular weight is 152 g/mol. The first-order valence-corrected chi connectivity index (χ1v) is 5.33. The molecule has 0 heteroatoms. The van der Waals surface area contributed by atoms with E-state index in [2.05, 4.69) is 13.8 Å². The fourth-order valence-corrected chi connectivity index (χ4v) is 3.16. The molecule has 0 bridgehead atoms. The standard InChI is InChI=1S/C11H20/c1-3-9-8-11(9,4-2)10-6-5-7-10/h9-10H,3-8H2,1-2H3. The van der Waals surface area contributed by atoms with Gasteiger partial charge < -0.3 is 0 Å². The summed E-state index contributed by atoms with van der Waals surface area (Å²) in [6, 6.07) is 0. The van der Waals surface area contributed by atoms with Gasteiger partial charge in [0.15, 0.2) is 0 Å². The number of hydrogen-bond acceptors (Lipinski definition) is 0. The lowest BCUT2D eigenvalue weighted by Gasteiger charge is -2.34. The second-order valence-corrected chi connectivity index (χ2v) is 4.52. The largest absolute Gasteiger partial charge is 0.0651 e. The van der Waals surface area contributed by atoms with E-state index in [0.717, 1.165) is 17.3 Å². The van der Waals surface area contributed by atoms with Gasteiger partial charge in [-0.3, -0.25) is 0 Å². The maximum absolute atomic E-state index is 2.40. The van der Waals surface area contributed by atoms with Gasteiger partial charge in [-0.05, 0) is 42.9 Å². The van der Waals surface area contributed by atoms with Crippen LogP contribution in [-0.2, 0) is 0 Å². The van der Waals surface area contributed by atoms with Gasteiger partial charge in [0.1, 0.15) is 0 Å². The molecule has 0 heterocycles. The summed E-state index contributed by atoms with van der Waals surface area (Å²) in [6.45, 7) is 4.76. The van der Waals surface area contributed by atoms with Crippen LogP contribution in [0.25, 0.3) is 0 Å². The molecule has 0 nitrogen and oxygen atoms in total. The van der Waals surface area contributed by atoms with Gasteiger partial charge in [-0.1, -0.05) is 26.7 Å². The van der Waals surface area contributed by atoms with E-state index in [4.69, 9.17) is 0 Å². The summed E-state index contributed by atoms with van der Waals surface area (Å²) >= 11 is 0. The van der Waals surface area contributed by atoms with Crippen molar-refractivity contribution in [2.24, 2.45) is 17.3 Å². The van der Waals surface area contributed by atoms with Crippen molar-refractivity contribution in [3.05, 3.63) is 0 Å². The van der Waals surface area contributed by atoms with Crippen LogP contribution in [0.5, 0.6) is 0 Å². The number of hydrogen-bond donors (Lipinski definition) is 0. The lowest BCUT2D eigenvalue weighted by Crippen LogP contribution is -2.24. The van der Waals surface area contributed by atoms with Crippen LogP contribution in [0.1, 0.15) is 52.4 Å². The zero-order valence-corrected chi connectivity index (χ0v) is 7.90. The van der Waals surface area contributed by atoms with Gasteiger partial charge in [-0.2, -0.15) is 0 Å². The molecule has 0 saturated heterocycles. The van der Waals surface area contributed by atoms with Crippen molar-refractivity contribution >= 4 is 0 Å². The first-order valence-electron chi connectivity index (χ1n) is 5.33. The Morgan fingerprint density at radius 3 is 2.27 bits per heavy atom. The topological polar surface area (TPSA) is 0 Å². The van der Waals surface area contributed by atoms with Crippen LogP contribution in [-0.4, -0.2) is 0 Å². The molecule has 0 aromatic rings. The van der Waals surface area contributed by atoms with Crippen LogP contribution >= 0.6 is 0 Å². The van der Waals surface area contributed by atoms with Crippen LogP contribution in [0.4, 0.5) is 0 Å². The summed E-state index contributed by atoms with van der Waals surface area (Å²) in [7, 11) is 0. The highest BCUT2D eigenvalue weighted by Gasteiger charge is 2.56. The Hall–Kier alpha value is 0. The third kappa shape index (κ3) is 0.947. The molecule has 0 aromatic carbocycles. The van der Waals surface area contributed by atoms with Crippen molar-refractivity contribution in [1.29, 1.82) is 0 Å². The van der Waals surface area contributed by atoms with E-state index in [1.54, 1.807) is 19.3 Å². The fraction of sp³-hybridized carbons (Fsp3) is 1.00. The van der Waals surface area contributed by atoms with Crippen LogP contribution in [0.15, 0.2) is 0 Å². The summed E-state index contributed by atoms with van der Waals surface area (Å²) in [5, 5.41) is 0. The quantitative estimate of drug-likeness (QED) is 0.579. The second kappa shape index (κ2) is 2.50. The van der Waals surface area contributed by atoms with Gasteiger partial charge in [-0.25, -0.2) is 0 Å². The van der Waals surface area contributed by atoms with Gasteiger partial charge in [0.05, 0.1) is 0 Å². The van der Waals surface area contributed by atoms with E-state index in [-0.39, 0.29) is 0 Å². The van der Waals surface area contributed by atoms with E-state index in [0.29, 0.717) is 0 Å². The zero-order valence-electron chi connectivity index (χ0n) is 7.90. The molecule has 0 aliphatic heterocycles. The minimum Gasteiger partial charge on any atom is -0.0651 e. The molecule has 11 heavy (non-hydrogen) atoms. The van der Waals surface area contributed by atoms with Crippen LogP contribution in [0, 0.1) is 17.3 Å². The zero-order chi connectivity index (χ0) is 7.90. The summed E-state index contributed by atoms with van der Waals surface area (Å²) in [6.07, 6.45) is 9.06. The van der Waals surface area contributed by atoms with Gasteiger partial charge in [0, 0.05) is 0 Å². The van der Waals surface area contributed by atoms with Crippen molar-refractivity contribution in [3.8, 4) is 0 Å². The third-order valence-electron chi connectivity index (χ3n) is 4.35. The van der Waals surface area contributed by atoms with Crippen LogP contribution < -0.4 is 0 Å². The SMILES string of the molecule is CCC1CC1(CC)C1CCC1. The van der Waals surface area contributed by atoms with Crippen LogP contribution in [0.2, 0.25) is 0 Å². The predicted octanol–water partition coefficient (Wildman–Crippen LogP) is 3.61. The van der Waals surface area contributed by atoms with Gasteiger partial charge in [0.25, 0.3) is 0 Å². The molecule has 0 radical (unpaired) electrons. The monoisotopic (exact) mass is 152 g/mol. The highest BCUT2D eigenvalue weighted by Crippen LogP contribution is 2.66. The van der Waals surface area contributed by atoms with Gasteiger partial charge in [0.2, 0.25) is 0 Å². The molecule has 2 aliphatic rings. The summed E-state index contributed by atoms with van der Waals surface area (Å²) < 4.78 is 0. The molecule has 0 aromatic heterocycles. The molecule has 64 valence electrons. The summed E-state index contributed by atoms with van der Waals surface area (Å²) in [4.78, 5) is 0. The molecule has 2 rings (SSSR count). The Bertz CT molecular complexity index is 146. The lowest BCUT2D eigenvalue weighted by atomic mass is 9.71.